The summed E-state index contributed by atoms with van der Waals surface area (Å²) in [7, 11) is 0. The molecule has 0 saturated carbocycles. The number of rotatable bonds is 6. The average molecular weight is 481 g/mol. The van der Waals surface area contributed by atoms with Crippen molar-refractivity contribution in [2.24, 2.45) is 0 Å². The molecule has 0 aliphatic carbocycles. The maximum atomic E-state index is 13.5. The van der Waals surface area contributed by atoms with Gasteiger partial charge in [-0.25, -0.2) is 4.68 Å². The summed E-state index contributed by atoms with van der Waals surface area (Å²) < 4.78 is 7.38. The van der Waals surface area contributed by atoms with E-state index in [1.54, 1.807) is 28.9 Å². The van der Waals surface area contributed by atoms with Gasteiger partial charge in [0.1, 0.15) is 17.6 Å². The fourth-order valence-electron chi connectivity index (χ4n) is 4.68. The van der Waals surface area contributed by atoms with Crippen LogP contribution in [-0.2, 0) is 4.79 Å². The van der Waals surface area contributed by atoms with Gasteiger partial charge in [0.25, 0.3) is 5.91 Å². The van der Waals surface area contributed by atoms with Gasteiger partial charge >= 0.3 is 0 Å². The van der Waals surface area contributed by atoms with Crippen LogP contribution < -0.4 is 15.4 Å². The minimum atomic E-state index is -0.822. The molecule has 4 aromatic rings. The van der Waals surface area contributed by atoms with E-state index in [1.165, 1.54) is 0 Å². The Labute approximate surface area is 210 Å². The van der Waals surface area contributed by atoms with Crippen molar-refractivity contribution in [3.63, 3.8) is 0 Å². The number of anilines is 1. The van der Waals surface area contributed by atoms with Crippen molar-refractivity contribution in [2.75, 3.05) is 11.9 Å². The Kier molecular flexibility index (Phi) is 6.29. The summed E-state index contributed by atoms with van der Waals surface area (Å²) in [6.45, 7) is 6.45. The van der Waals surface area contributed by atoms with E-state index in [0.29, 0.717) is 18.0 Å². The number of nitrogens with one attached hydrogen (secondary N) is 2. The van der Waals surface area contributed by atoms with Crippen molar-refractivity contribution >= 4 is 17.6 Å². The zero-order chi connectivity index (χ0) is 25.2. The van der Waals surface area contributed by atoms with Crippen LogP contribution in [0.25, 0.3) is 5.69 Å². The van der Waals surface area contributed by atoms with Gasteiger partial charge in [-0.15, -0.1) is 0 Å². The van der Waals surface area contributed by atoms with Crippen molar-refractivity contribution in [2.45, 2.75) is 32.7 Å². The van der Waals surface area contributed by atoms with Gasteiger partial charge in [0.05, 0.1) is 18.0 Å². The SMILES string of the molecule is CCOc1ccc([C@H]2c3c(C)nn(-c4ccc(C)cc4)c3NC(=O)[C@@H]2NC(=O)c2ccccc2)cc1. The number of carbonyl (C=O) groups is 2. The second-order valence-electron chi connectivity index (χ2n) is 8.88. The lowest BCUT2D eigenvalue weighted by atomic mass is 9.81. The molecule has 0 saturated heterocycles. The number of hydrogen-bond acceptors (Lipinski definition) is 4. The number of nitrogens with zero attached hydrogens (tertiary/aromatic N) is 2. The molecule has 36 heavy (non-hydrogen) atoms. The molecule has 0 radical (unpaired) electrons. The van der Waals surface area contributed by atoms with E-state index < -0.39 is 12.0 Å². The standard InChI is InChI=1S/C29H28N4O3/c1-4-36-23-16-12-20(13-17-23)25-24-19(3)32-33(22-14-10-18(2)11-15-22)27(24)31-29(35)26(25)30-28(34)21-8-6-5-7-9-21/h5-17,25-26H,4H2,1-3H3,(H,30,34)(H,31,35)/t25-,26+/m0/s1. The quantitative estimate of drug-likeness (QED) is 0.416. The Bertz CT molecular complexity index is 1390. The predicted octanol–water partition coefficient (Wildman–Crippen LogP) is 4.77. The molecule has 1 aliphatic rings. The van der Waals surface area contributed by atoms with E-state index in [2.05, 4.69) is 10.6 Å². The molecule has 0 bridgehead atoms. The third-order valence-electron chi connectivity index (χ3n) is 6.43. The summed E-state index contributed by atoms with van der Waals surface area (Å²) in [5.74, 6) is 0.332. The molecule has 0 unspecified atom stereocenters. The van der Waals surface area contributed by atoms with Crippen molar-refractivity contribution in [1.29, 1.82) is 0 Å². The van der Waals surface area contributed by atoms with Crippen LogP contribution in [0.4, 0.5) is 5.82 Å². The van der Waals surface area contributed by atoms with E-state index in [-0.39, 0.29) is 11.8 Å². The van der Waals surface area contributed by atoms with Gasteiger partial charge in [-0.1, -0.05) is 48.0 Å². The smallest absolute Gasteiger partial charge is 0.251 e. The normalized spacial score (nSPS) is 16.7. The molecule has 2 N–H and O–H groups in total. The van der Waals surface area contributed by atoms with Crippen LogP contribution >= 0.6 is 0 Å². The Balaban J connectivity index is 1.61. The number of amides is 2. The number of carbonyl (C=O) groups excluding carboxylic acids is 2. The van der Waals surface area contributed by atoms with E-state index in [4.69, 9.17) is 9.84 Å². The van der Waals surface area contributed by atoms with Gasteiger partial charge in [0.2, 0.25) is 5.91 Å². The molecule has 2 heterocycles. The van der Waals surface area contributed by atoms with E-state index in [0.717, 1.165) is 33.8 Å². The summed E-state index contributed by atoms with van der Waals surface area (Å²) in [4.78, 5) is 26.6. The molecule has 0 spiro atoms. The molecule has 7 heteroatoms. The predicted molar refractivity (Wildman–Crippen MR) is 139 cm³/mol. The topological polar surface area (TPSA) is 85.2 Å². The number of fused-ring (bicyclic) bond motifs is 1. The first-order valence-electron chi connectivity index (χ1n) is 12.0. The molecule has 1 aromatic heterocycles. The highest BCUT2D eigenvalue weighted by Gasteiger charge is 2.41. The van der Waals surface area contributed by atoms with Crippen LogP contribution in [0, 0.1) is 13.8 Å². The van der Waals surface area contributed by atoms with Crippen LogP contribution in [0.2, 0.25) is 0 Å². The summed E-state index contributed by atoms with van der Waals surface area (Å²) in [6, 6.07) is 23.7. The second kappa shape index (κ2) is 9.70. The van der Waals surface area contributed by atoms with Crippen LogP contribution in [0.1, 0.15) is 45.6 Å². The molecule has 182 valence electrons. The van der Waals surface area contributed by atoms with E-state index in [9.17, 15) is 9.59 Å². The van der Waals surface area contributed by atoms with Gasteiger partial charge < -0.3 is 15.4 Å². The Morgan fingerprint density at radius 3 is 2.36 bits per heavy atom. The summed E-state index contributed by atoms with van der Waals surface area (Å²) >= 11 is 0. The highest BCUT2D eigenvalue weighted by atomic mass is 16.5. The fraction of sp³-hybridized carbons (Fsp3) is 0.207. The van der Waals surface area contributed by atoms with Crippen LogP contribution in [0.15, 0.2) is 78.9 Å². The van der Waals surface area contributed by atoms with Crippen molar-refractivity contribution in [3.05, 3.63) is 107 Å². The maximum absolute atomic E-state index is 13.5. The van der Waals surface area contributed by atoms with E-state index >= 15 is 0 Å². The van der Waals surface area contributed by atoms with Gasteiger partial charge in [-0.05, 0) is 62.7 Å². The van der Waals surface area contributed by atoms with Gasteiger partial charge in [0, 0.05) is 17.0 Å². The molecule has 5 rings (SSSR count). The maximum Gasteiger partial charge on any atom is 0.251 e. The monoisotopic (exact) mass is 480 g/mol. The molecular weight excluding hydrogens is 452 g/mol. The molecule has 2 atom stereocenters. The fourth-order valence-corrected chi connectivity index (χ4v) is 4.68. The minimum Gasteiger partial charge on any atom is -0.494 e. The summed E-state index contributed by atoms with van der Waals surface area (Å²) in [5, 5.41) is 10.8. The number of ether oxygens (including phenoxy) is 1. The highest BCUT2D eigenvalue weighted by molar-refractivity contribution is 6.04. The first-order valence-corrected chi connectivity index (χ1v) is 12.0. The Hall–Kier alpha value is -4.39. The number of hydrogen-bond donors (Lipinski definition) is 2. The largest absolute Gasteiger partial charge is 0.494 e. The van der Waals surface area contributed by atoms with Crippen LogP contribution in [-0.4, -0.2) is 34.2 Å². The lowest BCUT2D eigenvalue weighted by Gasteiger charge is -2.33. The van der Waals surface area contributed by atoms with Crippen LogP contribution in [0.5, 0.6) is 5.75 Å². The third-order valence-corrected chi connectivity index (χ3v) is 6.43. The summed E-state index contributed by atoms with van der Waals surface area (Å²) in [5.41, 5.74) is 5.02. The Morgan fingerprint density at radius 1 is 1.00 bits per heavy atom. The molecular formula is C29H28N4O3. The van der Waals surface area contributed by atoms with Gasteiger partial charge in [-0.2, -0.15) is 5.10 Å². The number of aromatic nitrogens is 2. The Morgan fingerprint density at radius 2 is 1.69 bits per heavy atom. The summed E-state index contributed by atoms with van der Waals surface area (Å²) in [6.07, 6.45) is 0. The van der Waals surface area contributed by atoms with E-state index in [1.807, 2.05) is 75.4 Å². The highest BCUT2D eigenvalue weighted by Crippen LogP contribution is 2.41. The minimum absolute atomic E-state index is 0.293. The first kappa shape index (κ1) is 23.4. The zero-order valence-corrected chi connectivity index (χ0v) is 20.5. The zero-order valence-electron chi connectivity index (χ0n) is 20.5. The molecule has 0 fully saturated rings. The van der Waals surface area contributed by atoms with Crippen molar-refractivity contribution < 1.29 is 14.3 Å². The van der Waals surface area contributed by atoms with Gasteiger partial charge in [-0.3, -0.25) is 9.59 Å². The lowest BCUT2D eigenvalue weighted by molar-refractivity contribution is -0.118. The molecule has 2 amide bonds. The average Bonchev–Trinajstić information content (AvgIpc) is 3.21. The van der Waals surface area contributed by atoms with Crippen LogP contribution in [0.3, 0.4) is 0 Å². The molecule has 1 aliphatic heterocycles. The first-order chi connectivity index (χ1) is 17.5. The number of benzene rings is 3. The molecule has 7 nitrogen and oxygen atoms in total. The van der Waals surface area contributed by atoms with Gasteiger partial charge in [0.15, 0.2) is 0 Å². The van der Waals surface area contributed by atoms with Crippen molar-refractivity contribution in [3.8, 4) is 11.4 Å². The lowest BCUT2D eigenvalue weighted by Crippen LogP contribution is -2.50. The molecule has 3 aromatic carbocycles. The number of aryl methyl sites for hydroxylation is 2. The second-order valence-corrected chi connectivity index (χ2v) is 8.88. The van der Waals surface area contributed by atoms with Crippen molar-refractivity contribution in [1.82, 2.24) is 15.1 Å². The third kappa shape index (κ3) is 4.35.